The molecule has 2 aromatic rings. The van der Waals surface area contributed by atoms with Gasteiger partial charge < -0.3 is 15.0 Å². The fraction of sp³-hybridized carbons (Fsp3) is 0.333. The molecular weight excluding hydrogens is 360 g/mol. The molecule has 1 fully saturated rings. The van der Waals surface area contributed by atoms with Gasteiger partial charge >= 0.3 is 0 Å². The molecule has 0 aromatic heterocycles. The van der Waals surface area contributed by atoms with Crippen LogP contribution in [-0.2, 0) is 4.74 Å². The van der Waals surface area contributed by atoms with E-state index < -0.39 is 0 Å². The molecule has 1 unspecified atom stereocenters. The number of amides is 2. The van der Waals surface area contributed by atoms with Crippen molar-refractivity contribution in [3.63, 3.8) is 0 Å². The molecule has 0 radical (unpaired) electrons. The first kappa shape index (κ1) is 19.5. The zero-order valence-corrected chi connectivity index (χ0v) is 16.4. The van der Waals surface area contributed by atoms with E-state index in [1.165, 1.54) is 4.90 Å². The highest BCUT2D eigenvalue weighted by atomic mass is 32.2. The Morgan fingerprint density at radius 3 is 2.74 bits per heavy atom. The van der Waals surface area contributed by atoms with Gasteiger partial charge in [-0.2, -0.15) is 0 Å². The van der Waals surface area contributed by atoms with Crippen LogP contribution < -0.4 is 5.32 Å². The van der Waals surface area contributed by atoms with Crippen molar-refractivity contribution in [2.45, 2.75) is 23.8 Å². The number of nitrogens with one attached hydrogen (secondary N) is 1. The molecule has 27 heavy (non-hydrogen) atoms. The lowest BCUT2D eigenvalue weighted by atomic mass is 10.1. The van der Waals surface area contributed by atoms with Crippen molar-refractivity contribution in [1.29, 1.82) is 0 Å². The van der Waals surface area contributed by atoms with E-state index in [0.717, 1.165) is 30.1 Å². The van der Waals surface area contributed by atoms with E-state index in [4.69, 9.17) is 4.74 Å². The minimum atomic E-state index is -0.181. The van der Waals surface area contributed by atoms with Gasteiger partial charge in [0.1, 0.15) is 0 Å². The summed E-state index contributed by atoms with van der Waals surface area (Å²) in [5, 5.41) is 2.91. The summed E-state index contributed by atoms with van der Waals surface area (Å²) in [6, 6.07) is 14.6. The topological polar surface area (TPSA) is 58.6 Å². The van der Waals surface area contributed by atoms with Crippen LogP contribution in [0.2, 0.25) is 0 Å². The Labute approximate surface area is 164 Å². The van der Waals surface area contributed by atoms with Gasteiger partial charge in [-0.3, -0.25) is 9.59 Å². The van der Waals surface area contributed by atoms with Crippen LogP contribution in [0, 0.1) is 0 Å². The zero-order valence-electron chi connectivity index (χ0n) is 15.6. The number of carbonyl (C=O) groups excluding carboxylic acids is 2. The molecule has 2 amide bonds. The van der Waals surface area contributed by atoms with Crippen molar-refractivity contribution < 1.29 is 14.3 Å². The second kappa shape index (κ2) is 9.06. The first-order valence-corrected chi connectivity index (χ1v) is 9.99. The lowest BCUT2D eigenvalue weighted by Gasteiger charge is -2.14. The normalized spacial score (nSPS) is 16.1. The van der Waals surface area contributed by atoms with Gasteiger partial charge in [0.05, 0.1) is 11.7 Å². The monoisotopic (exact) mass is 384 g/mol. The second-order valence-corrected chi connectivity index (χ2v) is 7.74. The molecule has 0 saturated carbocycles. The summed E-state index contributed by atoms with van der Waals surface area (Å²) in [6.45, 7) is 0.829. The van der Waals surface area contributed by atoms with Crippen molar-refractivity contribution in [2.24, 2.45) is 0 Å². The molecule has 142 valence electrons. The molecule has 3 rings (SSSR count). The SMILES string of the molecule is CN(C)C(=O)c1cccc(NC(=O)c2ccccc2SCC2CCCO2)c1. The molecule has 2 aromatic carbocycles. The molecule has 5 nitrogen and oxygen atoms in total. The lowest BCUT2D eigenvalue weighted by molar-refractivity contribution is 0.0827. The van der Waals surface area contributed by atoms with Crippen molar-refractivity contribution in [2.75, 3.05) is 31.8 Å². The fourth-order valence-corrected chi connectivity index (χ4v) is 4.04. The molecule has 1 aliphatic rings. The third kappa shape index (κ3) is 5.11. The van der Waals surface area contributed by atoms with E-state index in [1.807, 2.05) is 24.3 Å². The summed E-state index contributed by atoms with van der Waals surface area (Å²) < 4.78 is 5.67. The molecule has 1 heterocycles. The molecule has 6 heteroatoms. The number of benzene rings is 2. The van der Waals surface area contributed by atoms with Crippen LogP contribution in [0.15, 0.2) is 53.4 Å². The van der Waals surface area contributed by atoms with Crippen LogP contribution in [0.3, 0.4) is 0 Å². The Kier molecular flexibility index (Phi) is 6.53. The highest BCUT2D eigenvalue weighted by Gasteiger charge is 2.18. The minimum absolute atomic E-state index is 0.0985. The zero-order chi connectivity index (χ0) is 19.2. The molecule has 1 aliphatic heterocycles. The average molecular weight is 385 g/mol. The van der Waals surface area contributed by atoms with E-state index >= 15 is 0 Å². The van der Waals surface area contributed by atoms with Gasteiger partial charge in [-0.1, -0.05) is 18.2 Å². The average Bonchev–Trinajstić information content (AvgIpc) is 3.19. The number of hydrogen-bond acceptors (Lipinski definition) is 4. The van der Waals surface area contributed by atoms with Crippen LogP contribution in [0.4, 0.5) is 5.69 Å². The number of rotatable bonds is 6. The predicted octanol–water partition coefficient (Wildman–Crippen LogP) is 3.91. The van der Waals surface area contributed by atoms with Gasteiger partial charge in [0.2, 0.25) is 0 Å². The van der Waals surface area contributed by atoms with E-state index in [2.05, 4.69) is 5.32 Å². The number of thioether (sulfide) groups is 1. The van der Waals surface area contributed by atoms with Crippen LogP contribution >= 0.6 is 11.8 Å². The highest BCUT2D eigenvalue weighted by molar-refractivity contribution is 7.99. The van der Waals surface area contributed by atoms with Crippen molar-refractivity contribution in [3.8, 4) is 0 Å². The maximum absolute atomic E-state index is 12.8. The summed E-state index contributed by atoms with van der Waals surface area (Å²) in [5.74, 6) is 0.565. The number of ether oxygens (including phenoxy) is 1. The van der Waals surface area contributed by atoms with E-state index in [1.54, 1.807) is 50.1 Å². The molecule has 1 N–H and O–H groups in total. The summed E-state index contributed by atoms with van der Waals surface area (Å²) in [5.41, 5.74) is 1.77. The summed E-state index contributed by atoms with van der Waals surface area (Å²) >= 11 is 1.65. The van der Waals surface area contributed by atoms with Gasteiger partial charge in [-0.25, -0.2) is 0 Å². The molecule has 0 spiro atoms. The van der Waals surface area contributed by atoms with Crippen LogP contribution in [-0.4, -0.2) is 49.3 Å². The number of hydrogen-bond donors (Lipinski definition) is 1. The van der Waals surface area contributed by atoms with Gasteiger partial charge in [0.15, 0.2) is 0 Å². The first-order chi connectivity index (χ1) is 13.0. The van der Waals surface area contributed by atoms with Crippen LogP contribution in [0.25, 0.3) is 0 Å². The van der Waals surface area contributed by atoms with Gasteiger partial charge in [-0.05, 0) is 43.2 Å². The Balaban J connectivity index is 1.71. The predicted molar refractivity (Wildman–Crippen MR) is 109 cm³/mol. The molecule has 1 saturated heterocycles. The highest BCUT2D eigenvalue weighted by Crippen LogP contribution is 2.27. The van der Waals surface area contributed by atoms with E-state index in [-0.39, 0.29) is 17.9 Å². The largest absolute Gasteiger partial charge is 0.377 e. The molecule has 0 bridgehead atoms. The maximum atomic E-state index is 12.8. The summed E-state index contributed by atoms with van der Waals surface area (Å²) in [4.78, 5) is 27.4. The Morgan fingerprint density at radius 1 is 1.19 bits per heavy atom. The third-order valence-electron chi connectivity index (χ3n) is 4.35. The van der Waals surface area contributed by atoms with E-state index in [0.29, 0.717) is 16.8 Å². The fourth-order valence-electron chi connectivity index (χ4n) is 2.93. The quantitative estimate of drug-likeness (QED) is 0.767. The molecule has 1 atom stereocenters. The van der Waals surface area contributed by atoms with Crippen molar-refractivity contribution in [1.82, 2.24) is 4.90 Å². The molecule has 0 aliphatic carbocycles. The minimum Gasteiger partial charge on any atom is -0.377 e. The Hall–Kier alpha value is -2.31. The number of nitrogens with zero attached hydrogens (tertiary/aromatic N) is 1. The molecular formula is C21H24N2O3S. The van der Waals surface area contributed by atoms with Gasteiger partial charge in [-0.15, -0.1) is 11.8 Å². The summed E-state index contributed by atoms with van der Waals surface area (Å²) in [6.07, 6.45) is 2.45. The maximum Gasteiger partial charge on any atom is 0.256 e. The van der Waals surface area contributed by atoms with Crippen molar-refractivity contribution in [3.05, 3.63) is 59.7 Å². The van der Waals surface area contributed by atoms with Crippen molar-refractivity contribution >= 4 is 29.3 Å². The number of carbonyl (C=O) groups is 2. The first-order valence-electron chi connectivity index (χ1n) is 9.01. The van der Waals surface area contributed by atoms with Gasteiger partial charge in [0.25, 0.3) is 11.8 Å². The standard InChI is InChI=1S/C21H24N2O3S/c1-23(2)21(25)15-7-5-8-16(13-15)22-20(24)18-10-3-4-11-19(18)27-14-17-9-6-12-26-17/h3-5,7-8,10-11,13,17H,6,9,12,14H2,1-2H3,(H,22,24). The number of anilines is 1. The Morgan fingerprint density at radius 2 is 2.00 bits per heavy atom. The Bertz CT molecular complexity index is 817. The van der Waals surface area contributed by atoms with E-state index in [9.17, 15) is 9.59 Å². The summed E-state index contributed by atoms with van der Waals surface area (Å²) in [7, 11) is 3.41. The van der Waals surface area contributed by atoms with Gasteiger partial charge in [0, 0.05) is 42.6 Å². The van der Waals surface area contributed by atoms with Crippen LogP contribution in [0.1, 0.15) is 33.6 Å². The smallest absolute Gasteiger partial charge is 0.256 e. The second-order valence-electron chi connectivity index (χ2n) is 6.68. The van der Waals surface area contributed by atoms with Crippen LogP contribution in [0.5, 0.6) is 0 Å². The lowest BCUT2D eigenvalue weighted by Crippen LogP contribution is -2.22. The third-order valence-corrected chi connectivity index (χ3v) is 5.56.